The summed E-state index contributed by atoms with van der Waals surface area (Å²) in [5, 5.41) is 0. The standard InChI is InChI=1S/C13H21NO4/c1-5-17-11(15)10-7-6-8-14(9-10)12(16)18-13(2,3)4/h5,10H,1,6-9H2,2-4H3. The van der Waals surface area contributed by atoms with E-state index in [0.29, 0.717) is 13.1 Å². The number of amides is 1. The molecule has 0 saturated carbocycles. The first-order chi connectivity index (χ1) is 8.33. The molecule has 18 heavy (non-hydrogen) atoms. The highest BCUT2D eigenvalue weighted by molar-refractivity contribution is 5.75. The maximum absolute atomic E-state index is 11.9. The van der Waals surface area contributed by atoms with Gasteiger partial charge in [0.15, 0.2) is 0 Å². The van der Waals surface area contributed by atoms with Crippen LogP contribution in [0.25, 0.3) is 0 Å². The van der Waals surface area contributed by atoms with E-state index in [-0.39, 0.29) is 18.0 Å². The van der Waals surface area contributed by atoms with Crippen LogP contribution in [0.5, 0.6) is 0 Å². The Labute approximate surface area is 108 Å². The van der Waals surface area contributed by atoms with Crippen LogP contribution in [0.15, 0.2) is 12.8 Å². The van der Waals surface area contributed by atoms with Gasteiger partial charge in [0.1, 0.15) is 5.60 Å². The van der Waals surface area contributed by atoms with E-state index in [1.807, 2.05) is 20.8 Å². The highest BCUT2D eigenvalue weighted by Gasteiger charge is 2.31. The van der Waals surface area contributed by atoms with Crippen molar-refractivity contribution in [2.75, 3.05) is 13.1 Å². The Kier molecular flexibility index (Phi) is 4.76. The van der Waals surface area contributed by atoms with Crippen molar-refractivity contribution >= 4 is 12.1 Å². The smallest absolute Gasteiger partial charge is 0.410 e. The van der Waals surface area contributed by atoms with Gasteiger partial charge in [-0.05, 0) is 33.6 Å². The molecule has 0 N–H and O–H groups in total. The van der Waals surface area contributed by atoms with Crippen LogP contribution in [-0.2, 0) is 14.3 Å². The molecule has 1 rings (SSSR count). The molecular weight excluding hydrogens is 234 g/mol. The van der Waals surface area contributed by atoms with Crippen molar-refractivity contribution in [3.05, 3.63) is 12.8 Å². The van der Waals surface area contributed by atoms with Crippen LogP contribution in [0, 0.1) is 5.92 Å². The molecule has 0 radical (unpaired) electrons. The minimum Gasteiger partial charge on any atom is -0.444 e. The summed E-state index contributed by atoms with van der Waals surface area (Å²) < 4.78 is 10.0. The Bertz CT molecular complexity index is 332. The monoisotopic (exact) mass is 255 g/mol. The Morgan fingerprint density at radius 3 is 2.61 bits per heavy atom. The van der Waals surface area contributed by atoms with Crippen molar-refractivity contribution in [3.8, 4) is 0 Å². The number of rotatable bonds is 2. The Morgan fingerprint density at radius 1 is 1.39 bits per heavy atom. The van der Waals surface area contributed by atoms with Crippen LogP contribution in [0.4, 0.5) is 4.79 Å². The maximum atomic E-state index is 11.9. The van der Waals surface area contributed by atoms with E-state index >= 15 is 0 Å². The summed E-state index contributed by atoms with van der Waals surface area (Å²) >= 11 is 0. The van der Waals surface area contributed by atoms with Gasteiger partial charge in [-0.15, -0.1) is 0 Å². The fourth-order valence-electron chi connectivity index (χ4n) is 1.84. The topological polar surface area (TPSA) is 55.8 Å². The third kappa shape index (κ3) is 4.39. The van der Waals surface area contributed by atoms with Crippen LogP contribution in [-0.4, -0.2) is 35.7 Å². The highest BCUT2D eigenvalue weighted by atomic mass is 16.6. The van der Waals surface area contributed by atoms with Crippen molar-refractivity contribution in [2.24, 2.45) is 5.92 Å². The molecule has 0 aromatic rings. The molecule has 1 fully saturated rings. The largest absolute Gasteiger partial charge is 0.444 e. The van der Waals surface area contributed by atoms with Crippen LogP contribution >= 0.6 is 0 Å². The van der Waals surface area contributed by atoms with Crippen LogP contribution < -0.4 is 0 Å². The molecule has 1 aliphatic heterocycles. The Hall–Kier alpha value is -1.52. The minimum absolute atomic E-state index is 0.288. The van der Waals surface area contributed by atoms with Crippen LogP contribution in [0.2, 0.25) is 0 Å². The van der Waals surface area contributed by atoms with Crippen molar-refractivity contribution < 1.29 is 19.1 Å². The minimum atomic E-state index is -0.522. The summed E-state index contributed by atoms with van der Waals surface area (Å²) in [5.74, 6) is -0.623. The van der Waals surface area contributed by atoms with Crippen molar-refractivity contribution in [1.29, 1.82) is 0 Å². The van der Waals surface area contributed by atoms with Gasteiger partial charge in [0.25, 0.3) is 0 Å². The summed E-state index contributed by atoms with van der Waals surface area (Å²) in [4.78, 5) is 25.0. The van der Waals surface area contributed by atoms with E-state index in [2.05, 4.69) is 6.58 Å². The number of esters is 1. The summed E-state index contributed by atoms with van der Waals surface area (Å²) in [6, 6.07) is 0. The second-order valence-electron chi connectivity index (χ2n) is 5.37. The van der Waals surface area contributed by atoms with Gasteiger partial charge in [-0.1, -0.05) is 6.58 Å². The SMILES string of the molecule is C=COC(=O)C1CCCN(C(=O)OC(C)(C)C)C1. The maximum Gasteiger partial charge on any atom is 0.410 e. The first kappa shape index (κ1) is 14.5. The molecule has 0 bridgehead atoms. The predicted molar refractivity (Wildman–Crippen MR) is 66.8 cm³/mol. The first-order valence-electron chi connectivity index (χ1n) is 6.13. The van der Waals surface area contributed by atoms with E-state index in [1.54, 1.807) is 4.90 Å². The Morgan fingerprint density at radius 2 is 2.06 bits per heavy atom. The zero-order valence-corrected chi connectivity index (χ0v) is 11.3. The second kappa shape index (κ2) is 5.89. The first-order valence-corrected chi connectivity index (χ1v) is 6.13. The molecule has 0 aliphatic carbocycles. The summed E-state index contributed by atoms with van der Waals surface area (Å²) in [6.07, 6.45) is 2.25. The number of carbonyl (C=O) groups is 2. The van der Waals surface area contributed by atoms with Gasteiger partial charge >= 0.3 is 12.1 Å². The van der Waals surface area contributed by atoms with E-state index in [0.717, 1.165) is 19.1 Å². The van der Waals surface area contributed by atoms with Gasteiger partial charge in [0, 0.05) is 13.1 Å². The van der Waals surface area contributed by atoms with Gasteiger partial charge in [0.05, 0.1) is 12.2 Å². The van der Waals surface area contributed by atoms with Gasteiger partial charge < -0.3 is 14.4 Å². The van der Waals surface area contributed by atoms with Crippen molar-refractivity contribution in [2.45, 2.75) is 39.2 Å². The fraction of sp³-hybridized carbons (Fsp3) is 0.692. The predicted octanol–water partition coefficient (Wildman–Crippen LogP) is 2.32. The molecule has 5 nitrogen and oxygen atoms in total. The number of hydrogen-bond acceptors (Lipinski definition) is 4. The van der Waals surface area contributed by atoms with E-state index in [4.69, 9.17) is 9.47 Å². The molecule has 1 amide bonds. The van der Waals surface area contributed by atoms with Crippen LogP contribution in [0.3, 0.4) is 0 Å². The molecule has 1 saturated heterocycles. The Balaban J connectivity index is 2.55. The molecule has 1 unspecified atom stereocenters. The zero-order valence-electron chi connectivity index (χ0n) is 11.3. The number of ether oxygens (including phenoxy) is 2. The fourth-order valence-corrected chi connectivity index (χ4v) is 1.84. The number of piperidine rings is 1. The van der Waals surface area contributed by atoms with Gasteiger partial charge in [-0.2, -0.15) is 0 Å². The lowest BCUT2D eigenvalue weighted by molar-refractivity contribution is -0.144. The van der Waals surface area contributed by atoms with E-state index in [1.165, 1.54) is 0 Å². The molecule has 1 aliphatic rings. The lowest BCUT2D eigenvalue weighted by atomic mass is 9.99. The third-order valence-corrected chi connectivity index (χ3v) is 2.61. The quantitative estimate of drug-likeness (QED) is 0.561. The molecule has 1 heterocycles. The summed E-state index contributed by atoms with van der Waals surface area (Å²) in [5.41, 5.74) is -0.522. The van der Waals surface area contributed by atoms with E-state index in [9.17, 15) is 9.59 Å². The van der Waals surface area contributed by atoms with E-state index < -0.39 is 5.60 Å². The highest BCUT2D eigenvalue weighted by Crippen LogP contribution is 2.20. The lowest BCUT2D eigenvalue weighted by Gasteiger charge is -2.32. The van der Waals surface area contributed by atoms with Gasteiger partial charge in [-0.3, -0.25) is 4.79 Å². The van der Waals surface area contributed by atoms with Gasteiger partial charge in [-0.25, -0.2) is 4.79 Å². The molecule has 102 valence electrons. The molecule has 0 aromatic heterocycles. The van der Waals surface area contributed by atoms with Crippen molar-refractivity contribution in [1.82, 2.24) is 4.90 Å². The summed E-state index contributed by atoms with van der Waals surface area (Å²) in [7, 11) is 0. The number of hydrogen-bond donors (Lipinski definition) is 0. The third-order valence-electron chi connectivity index (χ3n) is 2.61. The molecule has 0 spiro atoms. The number of carbonyl (C=O) groups excluding carboxylic acids is 2. The molecule has 1 atom stereocenters. The normalized spacial score (nSPS) is 20.2. The lowest BCUT2D eigenvalue weighted by Crippen LogP contribution is -2.44. The molecular formula is C13H21NO4. The van der Waals surface area contributed by atoms with Crippen molar-refractivity contribution in [3.63, 3.8) is 0 Å². The average Bonchev–Trinajstić information content (AvgIpc) is 2.27. The average molecular weight is 255 g/mol. The number of nitrogens with zero attached hydrogens (tertiary/aromatic N) is 1. The van der Waals surface area contributed by atoms with Crippen LogP contribution in [0.1, 0.15) is 33.6 Å². The molecule has 0 aromatic carbocycles. The summed E-state index contributed by atoms with van der Waals surface area (Å²) in [6.45, 7) is 9.77. The number of likely N-dealkylation sites (tertiary alicyclic amines) is 1. The second-order valence-corrected chi connectivity index (χ2v) is 5.37. The van der Waals surface area contributed by atoms with Gasteiger partial charge in [0.2, 0.25) is 0 Å². The molecule has 5 heteroatoms. The zero-order chi connectivity index (χ0) is 13.8.